The lowest BCUT2D eigenvalue weighted by Crippen LogP contribution is -2.32. The molecule has 146 valence electrons. The molecule has 0 bridgehead atoms. The lowest BCUT2D eigenvalue weighted by molar-refractivity contribution is -0.116. The number of benzene rings is 1. The molecule has 0 amide bonds. The Morgan fingerprint density at radius 1 is 1.18 bits per heavy atom. The van der Waals surface area contributed by atoms with Gasteiger partial charge >= 0.3 is 0 Å². The highest BCUT2D eigenvalue weighted by Crippen LogP contribution is 2.43. The molecule has 2 N–H and O–H groups in total. The molecule has 28 heavy (non-hydrogen) atoms. The molecule has 2 aliphatic rings. The quantitative estimate of drug-likeness (QED) is 0.442. The Bertz CT molecular complexity index is 992. The molecule has 0 spiro atoms. The van der Waals surface area contributed by atoms with Crippen LogP contribution in [0.25, 0.3) is 0 Å². The van der Waals surface area contributed by atoms with Crippen LogP contribution in [-0.4, -0.2) is 21.5 Å². The van der Waals surface area contributed by atoms with Gasteiger partial charge in [0.25, 0.3) is 5.56 Å². The zero-order chi connectivity index (χ0) is 19.7. The molecule has 2 heterocycles. The van der Waals surface area contributed by atoms with Gasteiger partial charge in [0.1, 0.15) is 5.82 Å². The number of carbonyl (C=O) groups excluding carboxylic acids is 1. The van der Waals surface area contributed by atoms with Gasteiger partial charge in [-0.25, -0.2) is 4.98 Å². The van der Waals surface area contributed by atoms with Crippen LogP contribution in [0.3, 0.4) is 0 Å². The smallest absolute Gasteiger partial charge is 0.257 e. The fourth-order valence-corrected chi connectivity index (χ4v) is 4.86. The topological polar surface area (TPSA) is 74.8 Å². The van der Waals surface area contributed by atoms with Crippen molar-refractivity contribution in [2.45, 2.75) is 57.0 Å². The zero-order valence-corrected chi connectivity index (χ0v) is 17.1. The van der Waals surface area contributed by atoms with E-state index in [1.54, 1.807) is 11.8 Å². The van der Waals surface area contributed by atoms with Gasteiger partial charge in [-0.2, -0.15) is 0 Å². The summed E-state index contributed by atoms with van der Waals surface area (Å²) in [6.07, 6.45) is 4.37. The predicted octanol–water partition coefficient (Wildman–Crippen LogP) is 4.54. The summed E-state index contributed by atoms with van der Waals surface area (Å²) in [5.74, 6) is 1.30. The summed E-state index contributed by atoms with van der Waals surface area (Å²) in [6, 6.07) is 8.10. The average molecular weight is 396 g/mol. The third kappa shape index (κ3) is 3.53. The molecule has 1 atom stereocenters. The summed E-state index contributed by atoms with van der Waals surface area (Å²) in [7, 11) is 0. The van der Waals surface area contributed by atoms with Crippen molar-refractivity contribution in [1.29, 1.82) is 0 Å². The largest absolute Gasteiger partial charge is 0.343 e. The fraction of sp³-hybridized carbons (Fsp3) is 0.409. The molecule has 1 unspecified atom stereocenters. The molecular formula is C22H25N3O2S. The van der Waals surface area contributed by atoms with Crippen LogP contribution in [0.2, 0.25) is 0 Å². The summed E-state index contributed by atoms with van der Waals surface area (Å²) in [5.41, 5.74) is 4.18. The van der Waals surface area contributed by atoms with Gasteiger partial charge in [-0.1, -0.05) is 54.9 Å². The Labute approximate surface area is 169 Å². The number of ketones is 1. The second-order valence-corrected chi connectivity index (χ2v) is 8.56. The maximum absolute atomic E-state index is 13.1. The minimum atomic E-state index is -0.356. The van der Waals surface area contributed by atoms with Crippen molar-refractivity contribution in [2.75, 3.05) is 11.1 Å². The summed E-state index contributed by atoms with van der Waals surface area (Å²) in [6.45, 7) is 4.18. The molecule has 0 saturated heterocycles. The van der Waals surface area contributed by atoms with Crippen molar-refractivity contribution in [2.24, 2.45) is 0 Å². The fourth-order valence-electron chi connectivity index (χ4n) is 3.91. The molecular weight excluding hydrogens is 370 g/mol. The first-order chi connectivity index (χ1) is 13.6. The average Bonchev–Trinajstić information content (AvgIpc) is 2.67. The van der Waals surface area contributed by atoms with Crippen LogP contribution in [0.4, 0.5) is 5.82 Å². The molecule has 1 aromatic carbocycles. The van der Waals surface area contributed by atoms with Crippen molar-refractivity contribution in [1.82, 2.24) is 9.97 Å². The number of carbonyl (C=O) groups is 1. The van der Waals surface area contributed by atoms with Crippen LogP contribution in [0.5, 0.6) is 0 Å². The number of nitrogens with one attached hydrogen (secondary N) is 2. The number of nitrogens with zero attached hydrogens (tertiary/aromatic N) is 1. The van der Waals surface area contributed by atoms with Crippen LogP contribution in [-0.2, 0) is 4.79 Å². The standard InChI is InChI=1S/C22H25N3O2S/c1-3-4-12-28-22-24-20-19(21(27)25-22)17(14-10-8-13(2)9-11-14)18-15(23-20)6-5-7-16(18)26/h8-11,17H,3-7,12H2,1-2H3,(H2,23,24,25,27). The molecule has 5 nitrogen and oxygen atoms in total. The van der Waals surface area contributed by atoms with E-state index in [0.717, 1.165) is 53.8 Å². The van der Waals surface area contributed by atoms with Crippen LogP contribution in [0.1, 0.15) is 61.6 Å². The van der Waals surface area contributed by atoms with E-state index in [1.807, 2.05) is 31.2 Å². The normalized spacial score (nSPS) is 18.5. The first-order valence-corrected chi connectivity index (χ1v) is 10.9. The Balaban J connectivity index is 1.83. The minimum absolute atomic E-state index is 0.130. The van der Waals surface area contributed by atoms with Crippen molar-refractivity contribution < 1.29 is 4.79 Å². The van der Waals surface area contributed by atoms with E-state index in [-0.39, 0.29) is 17.3 Å². The zero-order valence-electron chi connectivity index (χ0n) is 16.3. The number of anilines is 1. The molecule has 1 aromatic heterocycles. The van der Waals surface area contributed by atoms with Gasteiger partial charge in [0.2, 0.25) is 0 Å². The number of hydrogen-bond donors (Lipinski definition) is 2. The maximum Gasteiger partial charge on any atom is 0.257 e. The van der Waals surface area contributed by atoms with Crippen LogP contribution < -0.4 is 10.9 Å². The molecule has 6 heteroatoms. The highest BCUT2D eigenvalue weighted by Gasteiger charge is 2.37. The monoisotopic (exact) mass is 395 g/mol. The first-order valence-electron chi connectivity index (χ1n) is 9.95. The number of unbranched alkanes of at least 4 members (excludes halogenated alkanes) is 1. The van der Waals surface area contributed by atoms with Gasteiger partial charge in [-0.3, -0.25) is 9.59 Å². The molecule has 0 fully saturated rings. The van der Waals surface area contributed by atoms with E-state index in [0.29, 0.717) is 23.0 Å². The molecule has 4 rings (SSSR count). The van der Waals surface area contributed by atoms with Crippen molar-refractivity contribution in [3.63, 3.8) is 0 Å². The maximum atomic E-state index is 13.1. The predicted molar refractivity (Wildman–Crippen MR) is 113 cm³/mol. The second-order valence-electron chi connectivity index (χ2n) is 7.47. The van der Waals surface area contributed by atoms with E-state index in [1.165, 1.54) is 0 Å². The number of thioether (sulfide) groups is 1. The van der Waals surface area contributed by atoms with Gasteiger partial charge in [0.05, 0.1) is 5.56 Å². The van der Waals surface area contributed by atoms with Gasteiger partial charge in [-0.15, -0.1) is 0 Å². The summed E-state index contributed by atoms with van der Waals surface area (Å²) in [5, 5.41) is 3.96. The number of allylic oxidation sites excluding steroid dienone is 2. The number of fused-ring (bicyclic) bond motifs is 1. The Kier molecular flexibility index (Phi) is 5.40. The Hall–Kier alpha value is -2.34. The van der Waals surface area contributed by atoms with E-state index >= 15 is 0 Å². The lowest BCUT2D eigenvalue weighted by Gasteiger charge is -2.32. The summed E-state index contributed by atoms with van der Waals surface area (Å²) >= 11 is 1.57. The van der Waals surface area contributed by atoms with Crippen molar-refractivity contribution in [3.05, 3.63) is 62.6 Å². The number of H-pyrrole nitrogens is 1. The lowest BCUT2D eigenvalue weighted by atomic mass is 9.76. The Morgan fingerprint density at radius 2 is 1.96 bits per heavy atom. The van der Waals surface area contributed by atoms with E-state index in [9.17, 15) is 9.59 Å². The summed E-state index contributed by atoms with van der Waals surface area (Å²) < 4.78 is 0. The number of rotatable bonds is 5. The molecule has 1 aliphatic carbocycles. The van der Waals surface area contributed by atoms with Gasteiger partial charge in [0, 0.05) is 29.4 Å². The molecule has 0 saturated carbocycles. The van der Waals surface area contributed by atoms with Crippen molar-refractivity contribution >= 4 is 23.4 Å². The van der Waals surface area contributed by atoms with Gasteiger partial charge in [0.15, 0.2) is 10.9 Å². The highest BCUT2D eigenvalue weighted by molar-refractivity contribution is 7.99. The van der Waals surface area contributed by atoms with E-state index < -0.39 is 0 Å². The van der Waals surface area contributed by atoms with Crippen LogP contribution >= 0.6 is 11.8 Å². The SMILES string of the molecule is CCCCSc1nc2c(c(=O)[nH]1)C(c1ccc(C)cc1)C1=C(CCCC1=O)N2. The number of hydrogen-bond acceptors (Lipinski definition) is 5. The number of aryl methyl sites for hydroxylation is 1. The summed E-state index contributed by atoms with van der Waals surface area (Å²) in [4.78, 5) is 33.5. The third-order valence-corrected chi connectivity index (χ3v) is 6.34. The van der Waals surface area contributed by atoms with Gasteiger partial charge in [-0.05, 0) is 31.7 Å². The molecule has 1 aliphatic heterocycles. The first kappa shape index (κ1) is 19.0. The van der Waals surface area contributed by atoms with Crippen LogP contribution in [0.15, 0.2) is 45.5 Å². The minimum Gasteiger partial charge on any atom is -0.343 e. The third-order valence-electron chi connectivity index (χ3n) is 5.38. The number of aromatic nitrogens is 2. The van der Waals surface area contributed by atoms with Crippen molar-refractivity contribution in [3.8, 4) is 0 Å². The Morgan fingerprint density at radius 3 is 2.71 bits per heavy atom. The van der Waals surface area contributed by atoms with Gasteiger partial charge < -0.3 is 10.3 Å². The number of aromatic amines is 1. The molecule has 2 aromatic rings. The number of Topliss-reactive ketones (excluding diaryl/α,β-unsaturated/α-hetero) is 1. The molecule has 0 radical (unpaired) electrons. The van der Waals surface area contributed by atoms with Crippen LogP contribution in [0, 0.1) is 6.92 Å². The van der Waals surface area contributed by atoms with E-state index in [2.05, 4.69) is 17.2 Å². The highest BCUT2D eigenvalue weighted by atomic mass is 32.2. The second kappa shape index (κ2) is 7.95. The van der Waals surface area contributed by atoms with E-state index in [4.69, 9.17) is 4.98 Å².